The average Bonchev–Trinajstić information content (AvgIpc) is 2.87. The Morgan fingerprint density at radius 3 is 2.78 bits per heavy atom. The predicted octanol–water partition coefficient (Wildman–Crippen LogP) is 4.24. The number of benzene rings is 2. The summed E-state index contributed by atoms with van der Waals surface area (Å²) in [5.41, 5.74) is 1.00. The lowest BCUT2D eigenvalue weighted by Gasteiger charge is -2.45. The molecule has 0 saturated carbocycles. The van der Waals surface area contributed by atoms with Crippen LogP contribution in [0.25, 0.3) is 10.9 Å². The zero-order chi connectivity index (χ0) is 26.3. The third-order valence-electron chi connectivity index (χ3n) is 6.85. The van der Waals surface area contributed by atoms with Crippen LogP contribution in [-0.2, 0) is 9.53 Å². The van der Waals surface area contributed by atoms with Crippen molar-refractivity contribution in [3.63, 3.8) is 0 Å². The number of aryl methyl sites for hydroxylation is 1. The molecule has 0 unspecified atom stereocenters. The summed E-state index contributed by atoms with van der Waals surface area (Å²) in [4.78, 5) is 25.4. The van der Waals surface area contributed by atoms with Crippen LogP contribution in [0.2, 0.25) is 0 Å². The number of rotatable bonds is 6. The Bertz CT molecular complexity index is 1340. The topological polar surface area (TPSA) is 79.8 Å². The second kappa shape index (κ2) is 10.0. The van der Waals surface area contributed by atoms with Crippen LogP contribution >= 0.6 is 0 Å². The minimum atomic E-state index is -2.90. The summed E-state index contributed by atoms with van der Waals surface area (Å²) >= 11 is 0. The number of methoxy groups -OCH3 is 1. The zero-order valence-electron chi connectivity index (χ0n) is 20.8. The molecule has 1 N–H and O–H groups in total. The van der Waals surface area contributed by atoms with Gasteiger partial charge in [-0.3, -0.25) is 4.79 Å². The first-order valence-corrected chi connectivity index (χ1v) is 12.1. The Hall–Kier alpha value is -3.60. The van der Waals surface area contributed by atoms with Crippen molar-refractivity contribution in [1.29, 1.82) is 0 Å². The second-order valence-electron chi connectivity index (χ2n) is 9.30. The largest absolute Gasteiger partial charge is 0.489 e. The molecule has 2 aliphatic heterocycles. The van der Waals surface area contributed by atoms with E-state index in [1.54, 1.807) is 18.7 Å². The van der Waals surface area contributed by atoms with Crippen LogP contribution < -0.4 is 15.0 Å². The second-order valence-corrected chi connectivity index (χ2v) is 9.30. The fourth-order valence-corrected chi connectivity index (χ4v) is 5.01. The van der Waals surface area contributed by atoms with Gasteiger partial charge >= 0.3 is 0 Å². The molecule has 11 heteroatoms. The summed E-state index contributed by atoms with van der Waals surface area (Å²) in [5, 5.41) is 3.90. The van der Waals surface area contributed by atoms with E-state index in [2.05, 4.69) is 20.2 Å². The van der Waals surface area contributed by atoms with E-state index in [4.69, 9.17) is 9.47 Å². The molecular weight excluding hydrogens is 487 g/mol. The molecule has 1 amide bonds. The normalized spacial score (nSPS) is 17.9. The summed E-state index contributed by atoms with van der Waals surface area (Å²) in [7, 11) is 1.50. The summed E-state index contributed by atoms with van der Waals surface area (Å²) < 4.78 is 52.3. The highest BCUT2D eigenvalue weighted by Crippen LogP contribution is 2.40. The summed E-state index contributed by atoms with van der Waals surface area (Å²) in [6.07, 6.45) is -2.90. The molecule has 0 radical (unpaired) electrons. The van der Waals surface area contributed by atoms with Gasteiger partial charge in [-0.15, -0.1) is 0 Å². The highest BCUT2D eigenvalue weighted by Gasteiger charge is 2.35. The predicted molar refractivity (Wildman–Crippen MR) is 133 cm³/mol. The molecule has 0 aliphatic carbocycles. The molecule has 1 aromatic heterocycles. The number of amides is 1. The number of carbonyl (C=O) groups excluding carboxylic acids is 1. The molecule has 8 nitrogen and oxygen atoms in total. The van der Waals surface area contributed by atoms with Crippen LogP contribution in [0.15, 0.2) is 30.3 Å². The Morgan fingerprint density at radius 1 is 1.24 bits per heavy atom. The summed E-state index contributed by atoms with van der Waals surface area (Å²) in [6, 6.07) is 7.13. The minimum Gasteiger partial charge on any atom is -0.489 e. The number of fused-ring (bicyclic) bond motifs is 4. The van der Waals surface area contributed by atoms with E-state index in [0.717, 1.165) is 11.8 Å². The molecule has 2 aromatic carbocycles. The number of hydrogen-bond acceptors (Lipinski definition) is 7. The minimum absolute atomic E-state index is 0.0209. The first kappa shape index (κ1) is 25.1. The van der Waals surface area contributed by atoms with Crippen LogP contribution in [0.1, 0.15) is 36.3 Å². The Labute approximate surface area is 212 Å². The van der Waals surface area contributed by atoms with Crippen molar-refractivity contribution in [2.75, 3.05) is 50.2 Å². The number of carbonyl (C=O) groups is 1. The van der Waals surface area contributed by atoms with E-state index in [1.807, 2.05) is 12.1 Å². The number of aromatic nitrogens is 2. The maximum atomic E-state index is 14.8. The molecule has 2 aliphatic rings. The quantitative estimate of drug-likeness (QED) is 0.526. The number of nitrogens with one attached hydrogen (secondary N) is 1. The lowest BCUT2D eigenvalue weighted by atomic mass is 10.0. The number of hydrogen-bond donors (Lipinski definition) is 1. The maximum Gasteiger partial charge on any atom is 0.266 e. The smallest absolute Gasteiger partial charge is 0.266 e. The van der Waals surface area contributed by atoms with Crippen molar-refractivity contribution >= 4 is 28.3 Å². The van der Waals surface area contributed by atoms with Gasteiger partial charge in [0.15, 0.2) is 0 Å². The fraction of sp³-hybridized carbons (Fsp3) is 0.423. The number of alkyl halides is 2. The van der Waals surface area contributed by atoms with Crippen LogP contribution in [0, 0.1) is 12.7 Å². The molecule has 1 fully saturated rings. The van der Waals surface area contributed by atoms with Gasteiger partial charge in [0.05, 0.1) is 28.9 Å². The van der Waals surface area contributed by atoms with Crippen LogP contribution in [-0.4, -0.2) is 66.8 Å². The van der Waals surface area contributed by atoms with E-state index in [0.29, 0.717) is 54.5 Å². The van der Waals surface area contributed by atoms with Gasteiger partial charge in [0, 0.05) is 43.8 Å². The maximum absolute atomic E-state index is 14.8. The average molecular weight is 516 g/mol. The van der Waals surface area contributed by atoms with E-state index >= 15 is 0 Å². The summed E-state index contributed by atoms with van der Waals surface area (Å²) in [5.74, 6) is 0.674. The molecule has 37 heavy (non-hydrogen) atoms. The molecular formula is C26H28F3N5O3. The number of piperazine rings is 1. The molecule has 1 saturated heterocycles. The molecule has 3 heterocycles. The van der Waals surface area contributed by atoms with Crippen molar-refractivity contribution in [3.05, 3.63) is 53.1 Å². The highest BCUT2D eigenvalue weighted by atomic mass is 19.3. The fourth-order valence-electron chi connectivity index (χ4n) is 5.01. The molecule has 0 bridgehead atoms. The van der Waals surface area contributed by atoms with E-state index in [9.17, 15) is 18.0 Å². The van der Waals surface area contributed by atoms with Crippen molar-refractivity contribution < 1.29 is 27.4 Å². The molecule has 3 aromatic rings. The standard InChI is InChI=1S/C26H28F3N5O3/c1-14(17-5-4-6-18(24(17)27)25(28)29)30-26-19-9-21-22(10-20(19)31-15(2)32-26)37-12-16-11-33(7-8-34(16)21)23(35)13-36-3/h4-6,9-10,14,16,25H,7-8,11-13H2,1-3H3,(H,30,31,32)/t14-,16-/m1/s1. The molecule has 2 atom stereocenters. The van der Waals surface area contributed by atoms with Crippen LogP contribution in [0.3, 0.4) is 0 Å². The number of halogens is 3. The summed E-state index contributed by atoms with van der Waals surface area (Å²) in [6.45, 7) is 5.62. The zero-order valence-corrected chi connectivity index (χ0v) is 20.8. The van der Waals surface area contributed by atoms with Gasteiger partial charge in [-0.1, -0.05) is 18.2 Å². The third-order valence-corrected chi connectivity index (χ3v) is 6.85. The van der Waals surface area contributed by atoms with Gasteiger partial charge in [-0.2, -0.15) is 0 Å². The van der Waals surface area contributed by atoms with Gasteiger partial charge < -0.3 is 24.6 Å². The van der Waals surface area contributed by atoms with Gasteiger partial charge in [-0.25, -0.2) is 23.1 Å². The van der Waals surface area contributed by atoms with E-state index < -0.39 is 23.8 Å². The van der Waals surface area contributed by atoms with Crippen LogP contribution in [0.4, 0.5) is 24.7 Å². The first-order valence-electron chi connectivity index (χ1n) is 12.1. The lowest BCUT2D eigenvalue weighted by Crippen LogP contribution is -2.58. The number of nitrogens with zero attached hydrogens (tertiary/aromatic N) is 4. The Balaban J connectivity index is 1.47. The van der Waals surface area contributed by atoms with Crippen LogP contribution in [0.5, 0.6) is 5.75 Å². The first-order chi connectivity index (χ1) is 17.8. The monoisotopic (exact) mass is 515 g/mol. The van der Waals surface area contributed by atoms with E-state index in [-0.39, 0.29) is 24.1 Å². The van der Waals surface area contributed by atoms with Gasteiger partial charge in [0.25, 0.3) is 6.43 Å². The van der Waals surface area contributed by atoms with Crippen molar-refractivity contribution in [3.8, 4) is 5.75 Å². The SMILES string of the molecule is COCC(=O)N1CCN2c3cc4c(N[C@H](C)c5cccc(C(F)F)c5F)nc(C)nc4cc3OC[C@H]2C1. The third kappa shape index (κ3) is 4.75. The molecule has 5 rings (SSSR count). The van der Waals surface area contributed by atoms with Crippen molar-refractivity contribution in [1.82, 2.24) is 14.9 Å². The Morgan fingerprint density at radius 2 is 2.03 bits per heavy atom. The Kier molecular flexibility index (Phi) is 6.80. The van der Waals surface area contributed by atoms with Gasteiger partial charge in [-0.05, 0) is 19.9 Å². The van der Waals surface area contributed by atoms with Crippen molar-refractivity contribution in [2.24, 2.45) is 0 Å². The molecule has 196 valence electrons. The number of ether oxygens (including phenoxy) is 2. The lowest BCUT2D eigenvalue weighted by molar-refractivity contribution is -0.136. The van der Waals surface area contributed by atoms with Gasteiger partial charge in [0.1, 0.15) is 36.4 Å². The number of anilines is 2. The highest BCUT2D eigenvalue weighted by molar-refractivity contribution is 5.94. The molecule has 0 spiro atoms. The van der Waals surface area contributed by atoms with E-state index in [1.165, 1.54) is 19.2 Å². The van der Waals surface area contributed by atoms with Gasteiger partial charge in [0.2, 0.25) is 5.91 Å². The van der Waals surface area contributed by atoms with Crippen molar-refractivity contribution in [2.45, 2.75) is 32.4 Å².